The van der Waals surface area contributed by atoms with Crippen LogP contribution in [0.15, 0.2) is 0 Å². The van der Waals surface area contributed by atoms with E-state index in [4.69, 9.17) is 47.2 Å². The predicted octanol–water partition coefficient (Wildman–Crippen LogP) is -10.6. The monoisotopic (exact) mass is 1020 g/mol. The standard InChI is InChI=1S/C36H61N3O28S/c1-9-20(45)27(52)28(53)35(60-9)67-31-30(66-34-18(38-11(3)43)26(51)21(46)13(5-40)62-34)23(48)14(6-41)63-36(31)65-29-19(39-12(4)44)32(54)61-15(24(29)49)7-58-33-17(37-10(2)42)25(50)22(47)16(64-33)8-59-68(55,56)57/h9,13-36,40-41,45-54H,5-8H2,1-4H3,(H,37,42)(H,38,43)(H,39,44)(H,55,56,57)/t9-,13+,14+,15+,16+,17+,18+,19+,20+,21-,22+,23-,24-,25+,26+,27+,28-,29+,30-,31+,32+,33?,34?,35?,36?/m0/s1. The second-order valence-corrected chi connectivity index (χ2v) is 17.8. The molecule has 0 aromatic heterocycles. The third-order valence-electron chi connectivity index (χ3n) is 11.7. The lowest BCUT2D eigenvalue weighted by molar-refractivity contribution is -0.397. The summed E-state index contributed by atoms with van der Waals surface area (Å²) in [5.41, 5.74) is 0. The first-order chi connectivity index (χ1) is 31.8. The Labute approximate surface area is 386 Å². The highest BCUT2D eigenvalue weighted by Crippen LogP contribution is 2.36. The van der Waals surface area contributed by atoms with Gasteiger partial charge in [-0.3, -0.25) is 18.9 Å². The van der Waals surface area contributed by atoms with E-state index in [0.717, 1.165) is 20.8 Å². The van der Waals surface area contributed by atoms with Crippen LogP contribution in [-0.2, 0) is 71.6 Å². The maximum absolute atomic E-state index is 12.5. The molecule has 5 heterocycles. The zero-order valence-corrected chi connectivity index (χ0v) is 37.4. The van der Waals surface area contributed by atoms with Crippen LogP contribution in [0.4, 0.5) is 0 Å². The van der Waals surface area contributed by atoms with Crippen molar-refractivity contribution in [2.24, 2.45) is 0 Å². The lowest BCUT2D eigenvalue weighted by Crippen LogP contribution is -2.70. The summed E-state index contributed by atoms with van der Waals surface area (Å²) >= 11 is 0. The predicted molar refractivity (Wildman–Crippen MR) is 210 cm³/mol. The van der Waals surface area contributed by atoms with Crippen molar-refractivity contribution < 1.29 is 135 Å². The third kappa shape index (κ3) is 13.3. The van der Waals surface area contributed by atoms with E-state index in [1.54, 1.807) is 0 Å². The average Bonchev–Trinajstić information content (AvgIpc) is 3.26. The van der Waals surface area contributed by atoms with Gasteiger partial charge < -0.3 is 120 Å². The quantitative estimate of drug-likeness (QED) is 0.0602. The Morgan fingerprint density at radius 2 is 0.941 bits per heavy atom. The molecule has 5 aliphatic heterocycles. The summed E-state index contributed by atoms with van der Waals surface area (Å²) in [7, 11) is -5.10. The fraction of sp³-hybridized carbons (Fsp3) is 0.917. The summed E-state index contributed by atoms with van der Waals surface area (Å²) in [6.07, 6.45) is -41.5. The van der Waals surface area contributed by atoms with E-state index in [0.29, 0.717) is 0 Å². The number of hydrogen-bond donors (Lipinski definition) is 16. The van der Waals surface area contributed by atoms with Crippen LogP contribution in [-0.4, -0.2) is 272 Å². The molecule has 0 saturated carbocycles. The minimum absolute atomic E-state index is 0.783. The van der Waals surface area contributed by atoms with Crippen molar-refractivity contribution in [1.29, 1.82) is 0 Å². The van der Waals surface area contributed by atoms with Gasteiger partial charge in [-0.1, -0.05) is 0 Å². The topological polar surface area (TPSA) is 477 Å². The summed E-state index contributed by atoms with van der Waals surface area (Å²) in [5, 5.41) is 137. The number of rotatable bonds is 17. The lowest BCUT2D eigenvalue weighted by atomic mass is 9.94. The van der Waals surface area contributed by atoms with Crippen LogP contribution in [0.1, 0.15) is 27.7 Å². The second-order valence-electron chi connectivity index (χ2n) is 16.7. The van der Waals surface area contributed by atoms with Gasteiger partial charge in [-0.15, -0.1) is 0 Å². The van der Waals surface area contributed by atoms with Gasteiger partial charge in [0.2, 0.25) is 17.7 Å². The maximum atomic E-state index is 12.5. The van der Waals surface area contributed by atoms with Gasteiger partial charge in [-0.2, -0.15) is 8.42 Å². The number of aliphatic hydroxyl groups is 12. The molecule has 4 unspecified atom stereocenters. The van der Waals surface area contributed by atoms with E-state index in [-0.39, 0.29) is 0 Å². The van der Waals surface area contributed by atoms with Gasteiger partial charge in [-0.05, 0) is 6.92 Å². The van der Waals surface area contributed by atoms with Crippen molar-refractivity contribution in [3.05, 3.63) is 0 Å². The van der Waals surface area contributed by atoms with Crippen molar-refractivity contribution in [2.75, 3.05) is 26.4 Å². The minimum Gasteiger partial charge on any atom is -0.394 e. The van der Waals surface area contributed by atoms with Gasteiger partial charge in [-0.25, -0.2) is 4.18 Å². The lowest BCUT2D eigenvalue weighted by Gasteiger charge is -2.51. The van der Waals surface area contributed by atoms with Crippen LogP contribution in [0.2, 0.25) is 0 Å². The highest BCUT2D eigenvalue weighted by Gasteiger charge is 2.57. The van der Waals surface area contributed by atoms with Crippen molar-refractivity contribution >= 4 is 28.1 Å². The molecule has 5 aliphatic rings. The van der Waals surface area contributed by atoms with Gasteiger partial charge in [0.1, 0.15) is 116 Å². The molecule has 394 valence electrons. The highest BCUT2D eigenvalue weighted by molar-refractivity contribution is 7.80. The first-order valence-electron chi connectivity index (χ1n) is 21.1. The van der Waals surface area contributed by atoms with E-state index >= 15 is 0 Å². The zero-order chi connectivity index (χ0) is 50.7. The number of aliphatic hydroxyl groups excluding tert-OH is 12. The molecule has 3 amide bonds. The third-order valence-corrected chi connectivity index (χ3v) is 12.1. The average molecular weight is 1020 g/mol. The Balaban J connectivity index is 1.51. The number of amides is 3. The van der Waals surface area contributed by atoms with Crippen LogP contribution in [0.25, 0.3) is 0 Å². The molecule has 0 aliphatic carbocycles. The largest absolute Gasteiger partial charge is 0.397 e. The summed E-state index contributed by atoms with van der Waals surface area (Å²) in [5.74, 6) is -2.41. The van der Waals surface area contributed by atoms with Gasteiger partial charge in [0.15, 0.2) is 31.5 Å². The molecule has 5 saturated heterocycles. The van der Waals surface area contributed by atoms with Crippen LogP contribution >= 0.6 is 0 Å². The molecule has 0 aromatic carbocycles. The molecule has 68 heavy (non-hydrogen) atoms. The molecule has 31 nitrogen and oxygen atoms in total. The molecular formula is C36H61N3O28S. The minimum atomic E-state index is -5.10. The molecule has 0 aromatic rings. The number of ether oxygens (including phenoxy) is 9. The van der Waals surface area contributed by atoms with Gasteiger partial charge >= 0.3 is 10.4 Å². The van der Waals surface area contributed by atoms with E-state index in [2.05, 4.69) is 20.1 Å². The molecule has 32 heteroatoms. The Kier molecular flexibility index (Phi) is 19.7. The summed E-state index contributed by atoms with van der Waals surface area (Å²) in [4.78, 5) is 36.8. The van der Waals surface area contributed by atoms with E-state index in [1.807, 2.05) is 0 Å². The fourth-order valence-corrected chi connectivity index (χ4v) is 8.50. The molecular weight excluding hydrogens is 954 g/mol. The van der Waals surface area contributed by atoms with Crippen molar-refractivity contribution in [1.82, 2.24) is 16.0 Å². The first-order valence-corrected chi connectivity index (χ1v) is 22.5. The smallest absolute Gasteiger partial charge is 0.394 e. The van der Waals surface area contributed by atoms with E-state index < -0.39 is 208 Å². The number of hydrogen-bond acceptors (Lipinski definition) is 27. The molecule has 16 N–H and O–H groups in total. The molecule has 0 bridgehead atoms. The molecule has 0 spiro atoms. The Morgan fingerprint density at radius 3 is 1.50 bits per heavy atom. The van der Waals surface area contributed by atoms with E-state index in [9.17, 15) is 84.1 Å². The van der Waals surface area contributed by atoms with Crippen molar-refractivity contribution in [2.45, 2.75) is 181 Å². The number of nitrogens with one attached hydrogen (secondary N) is 3. The van der Waals surface area contributed by atoms with Crippen molar-refractivity contribution in [3.63, 3.8) is 0 Å². The van der Waals surface area contributed by atoms with Crippen LogP contribution in [0.5, 0.6) is 0 Å². The highest BCUT2D eigenvalue weighted by atomic mass is 32.3. The zero-order valence-electron chi connectivity index (χ0n) is 36.6. The molecule has 5 fully saturated rings. The van der Waals surface area contributed by atoms with Crippen LogP contribution < -0.4 is 16.0 Å². The maximum Gasteiger partial charge on any atom is 0.397 e. The van der Waals surface area contributed by atoms with E-state index in [1.165, 1.54) is 6.92 Å². The first kappa shape index (κ1) is 56.4. The van der Waals surface area contributed by atoms with Gasteiger partial charge in [0, 0.05) is 20.8 Å². The normalized spacial score (nSPS) is 45.8. The Bertz CT molecular complexity index is 1790. The molecule has 25 atom stereocenters. The van der Waals surface area contributed by atoms with Gasteiger partial charge in [0.05, 0.1) is 32.5 Å². The molecule has 0 radical (unpaired) electrons. The summed E-state index contributed by atoms with van der Waals surface area (Å²) in [6.45, 7) is 0.416. The number of carbonyl (C=O) groups is 3. The van der Waals surface area contributed by atoms with Crippen LogP contribution in [0.3, 0.4) is 0 Å². The van der Waals surface area contributed by atoms with Crippen molar-refractivity contribution in [3.8, 4) is 0 Å². The summed E-state index contributed by atoms with van der Waals surface area (Å²) in [6, 6.07) is -5.04. The molecule has 5 rings (SSSR count). The number of carbonyl (C=O) groups excluding carboxylic acids is 3. The second kappa shape index (κ2) is 23.8. The fourth-order valence-electron chi connectivity index (χ4n) is 8.19. The Hall–Kier alpha value is -2.56. The SMILES string of the molecule is CC(=O)N[C@@H]1[C@@H](OC2O[C@H](CO)[C@H](O)[C@H](OC3O[C@H](CO)[C@H](O)[C@H](O)[C@H]3NC(C)=O)[C@H]2OC2O[C@@H](C)[C@@H](O)[C@@H](O)[C@@H]2O)[C@@H](O)[C@@H](COC2O[C@H](COS(=O)(=O)O)[C@@H](O)[C@H](O)[C@H]2NC(C)=O)O[C@H]1O. The van der Waals surface area contributed by atoms with Gasteiger partial charge in [0.25, 0.3) is 0 Å². The Morgan fingerprint density at radius 1 is 0.485 bits per heavy atom. The summed E-state index contributed by atoms with van der Waals surface area (Å²) < 4.78 is 88.3. The van der Waals surface area contributed by atoms with Crippen LogP contribution in [0, 0.1) is 0 Å².